The number of benzene rings is 1. The van der Waals surface area contributed by atoms with E-state index in [4.69, 9.17) is 4.84 Å². The van der Waals surface area contributed by atoms with Gasteiger partial charge in [-0.3, -0.25) is 4.84 Å². The van der Waals surface area contributed by atoms with Crippen LogP contribution in [0.15, 0.2) is 30.3 Å². The molecule has 2 nitrogen and oxygen atoms in total. The van der Waals surface area contributed by atoms with Crippen molar-refractivity contribution < 1.29 is 4.84 Å². The average molecular weight is 317 g/mol. The molecule has 1 fully saturated rings. The molecule has 3 atom stereocenters. The third kappa shape index (κ3) is 2.19. The van der Waals surface area contributed by atoms with Gasteiger partial charge in [0.1, 0.15) is 0 Å². The van der Waals surface area contributed by atoms with Gasteiger partial charge in [-0.25, -0.2) is 0 Å². The highest BCUT2D eigenvalue weighted by molar-refractivity contribution is 14.1. The minimum absolute atomic E-state index is 0.348. The highest BCUT2D eigenvalue weighted by atomic mass is 127. The van der Waals surface area contributed by atoms with Crippen LogP contribution >= 0.6 is 22.6 Å². The normalized spacial score (nSPS) is 32.1. The van der Waals surface area contributed by atoms with Crippen LogP contribution in [-0.4, -0.2) is 22.6 Å². The van der Waals surface area contributed by atoms with Gasteiger partial charge in [0.25, 0.3) is 0 Å². The van der Waals surface area contributed by atoms with Gasteiger partial charge in [0.15, 0.2) is 0 Å². The van der Waals surface area contributed by atoms with Crippen LogP contribution in [0.3, 0.4) is 0 Å². The number of hydroxylamine groups is 2. The van der Waals surface area contributed by atoms with Crippen molar-refractivity contribution in [1.82, 2.24) is 5.06 Å². The second-order valence-corrected chi connectivity index (χ2v) is 4.94. The zero-order valence-corrected chi connectivity index (χ0v) is 11.2. The zero-order chi connectivity index (χ0) is 10.8. The molecule has 3 heteroatoms. The summed E-state index contributed by atoms with van der Waals surface area (Å²) in [6.45, 7) is 2.27. The molecule has 1 aromatic carbocycles. The van der Waals surface area contributed by atoms with Gasteiger partial charge in [0.05, 0.1) is 12.1 Å². The quantitative estimate of drug-likeness (QED) is 0.614. The van der Waals surface area contributed by atoms with Crippen LogP contribution < -0.4 is 0 Å². The molecule has 0 amide bonds. The molecule has 2 rings (SSSR count). The Morgan fingerprint density at radius 3 is 2.53 bits per heavy atom. The predicted molar refractivity (Wildman–Crippen MR) is 69.9 cm³/mol. The molecule has 82 valence electrons. The number of alkyl halides is 1. The second kappa shape index (κ2) is 4.80. The molecule has 1 heterocycles. The summed E-state index contributed by atoms with van der Waals surface area (Å²) >= 11 is 2.39. The van der Waals surface area contributed by atoms with Crippen molar-refractivity contribution in [3.63, 3.8) is 0 Å². The lowest BCUT2D eigenvalue weighted by Crippen LogP contribution is -2.19. The van der Waals surface area contributed by atoms with Crippen molar-refractivity contribution in [3.8, 4) is 0 Å². The molecule has 1 aromatic rings. The van der Waals surface area contributed by atoms with Crippen LogP contribution in [0.2, 0.25) is 0 Å². The molecular formula is C12H16INO. The van der Waals surface area contributed by atoms with Gasteiger partial charge in [0.2, 0.25) is 0 Å². The van der Waals surface area contributed by atoms with E-state index in [9.17, 15) is 0 Å². The molecule has 0 bridgehead atoms. The highest BCUT2D eigenvalue weighted by Crippen LogP contribution is 2.38. The summed E-state index contributed by atoms with van der Waals surface area (Å²) in [5, 5.41) is 2.00. The van der Waals surface area contributed by atoms with Crippen molar-refractivity contribution in [2.24, 2.45) is 5.92 Å². The van der Waals surface area contributed by atoms with Gasteiger partial charge in [-0.15, -0.1) is 0 Å². The van der Waals surface area contributed by atoms with Crippen molar-refractivity contribution >= 4 is 22.6 Å². The first-order valence-corrected chi connectivity index (χ1v) is 6.77. The van der Waals surface area contributed by atoms with E-state index in [2.05, 4.69) is 59.8 Å². The third-order valence-electron chi connectivity index (χ3n) is 3.07. The average Bonchev–Trinajstić information content (AvgIpc) is 2.55. The van der Waals surface area contributed by atoms with Crippen LogP contribution in [0.4, 0.5) is 0 Å². The minimum atomic E-state index is 0.348. The van der Waals surface area contributed by atoms with Crippen molar-refractivity contribution in [2.45, 2.75) is 19.1 Å². The SMILES string of the molecule is C[C@@H]1[C@@H](CI)ON(C)[C@H]1c1ccccc1. The van der Waals surface area contributed by atoms with Crippen molar-refractivity contribution in [1.29, 1.82) is 0 Å². The zero-order valence-electron chi connectivity index (χ0n) is 9.06. The monoisotopic (exact) mass is 317 g/mol. The first-order chi connectivity index (χ1) is 7.24. The van der Waals surface area contributed by atoms with Gasteiger partial charge in [-0.2, -0.15) is 5.06 Å². The van der Waals surface area contributed by atoms with E-state index in [1.807, 2.05) is 12.1 Å². The predicted octanol–water partition coefficient (Wildman–Crippen LogP) is 3.04. The summed E-state index contributed by atoms with van der Waals surface area (Å²) in [6.07, 6.45) is 0.348. The Kier molecular flexibility index (Phi) is 3.64. The summed E-state index contributed by atoms with van der Waals surface area (Å²) in [5.74, 6) is 0.550. The lowest BCUT2D eigenvalue weighted by Gasteiger charge is -2.20. The van der Waals surface area contributed by atoms with Gasteiger partial charge in [0, 0.05) is 17.4 Å². The molecule has 1 saturated heterocycles. The molecule has 0 unspecified atom stereocenters. The van der Waals surface area contributed by atoms with Crippen LogP contribution in [-0.2, 0) is 4.84 Å². The number of hydrogen-bond acceptors (Lipinski definition) is 2. The summed E-state index contributed by atoms with van der Waals surface area (Å²) in [4.78, 5) is 5.82. The van der Waals surface area contributed by atoms with E-state index >= 15 is 0 Å². The molecule has 1 aliphatic heterocycles. The highest BCUT2D eigenvalue weighted by Gasteiger charge is 2.38. The summed E-state index contributed by atoms with van der Waals surface area (Å²) in [5.41, 5.74) is 1.35. The summed E-state index contributed by atoms with van der Waals surface area (Å²) < 4.78 is 1.05. The van der Waals surface area contributed by atoms with E-state index in [0.717, 1.165) is 4.43 Å². The Morgan fingerprint density at radius 2 is 2.00 bits per heavy atom. The fourth-order valence-electron chi connectivity index (χ4n) is 2.24. The van der Waals surface area contributed by atoms with Gasteiger partial charge >= 0.3 is 0 Å². The molecule has 0 N–H and O–H groups in total. The van der Waals surface area contributed by atoms with E-state index in [1.54, 1.807) is 0 Å². The molecule has 15 heavy (non-hydrogen) atoms. The molecule has 0 saturated carbocycles. The molecule has 0 radical (unpaired) electrons. The topological polar surface area (TPSA) is 12.5 Å². The lowest BCUT2D eigenvalue weighted by molar-refractivity contribution is -0.137. The van der Waals surface area contributed by atoms with Crippen LogP contribution in [0, 0.1) is 5.92 Å². The van der Waals surface area contributed by atoms with Gasteiger partial charge in [-0.1, -0.05) is 59.8 Å². The Balaban J connectivity index is 2.23. The molecule has 0 aromatic heterocycles. The van der Waals surface area contributed by atoms with Crippen LogP contribution in [0.1, 0.15) is 18.5 Å². The maximum atomic E-state index is 5.82. The first-order valence-electron chi connectivity index (χ1n) is 5.24. The Hall–Kier alpha value is -0.130. The van der Waals surface area contributed by atoms with Crippen molar-refractivity contribution in [2.75, 3.05) is 11.5 Å². The third-order valence-corrected chi connectivity index (χ3v) is 3.94. The smallest absolute Gasteiger partial charge is 0.0927 e. The Labute approximate surface area is 105 Å². The molecule has 0 spiro atoms. The van der Waals surface area contributed by atoms with E-state index in [1.165, 1.54) is 5.56 Å². The van der Waals surface area contributed by atoms with E-state index in [0.29, 0.717) is 18.1 Å². The maximum Gasteiger partial charge on any atom is 0.0927 e. The number of halogens is 1. The molecule has 1 aliphatic rings. The van der Waals surface area contributed by atoms with Gasteiger partial charge < -0.3 is 0 Å². The Bertz CT molecular complexity index is 317. The largest absolute Gasteiger partial charge is 0.294 e. The van der Waals surface area contributed by atoms with E-state index in [-0.39, 0.29) is 0 Å². The second-order valence-electron chi connectivity index (χ2n) is 4.06. The van der Waals surface area contributed by atoms with Crippen molar-refractivity contribution in [3.05, 3.63) is 35.9 Å². The number of rotatable bonds is 2. The van der Waals surface area contributed by atoms with Crippen LogP contribution in [0.25, 0.3) is 0 Å². The fraction of sp³-hybridized carbons (Fsp3) is 0.500. The number of hydrogen-bond donors (Lipinski definition) is 0. The molecule has 0 aliphatic carbocycles. The summed E-state index contributed by atoms with van der Waals surface area (Å²) in [6, 6.07) is 11.0. The standard InChI is InChI=1S/C12H16INO/c1-9-11(8-13)15-14(2)12(9)10-6-4-3-5-7-10/h3-7,9,11-12H,8H2,1-2H3/t9-,11-,12-/m1/s1. The maximum absolute atomic E-state index is 5.82. The van der Waals surface area contributed by atoms with Crippen LogP contribution in [0.5, 0.6) is 0 Å². The minimum Gasteiger partial charge on any atom is -0.294 e. The van der Waals surface area contributed by atoms with E-state index < -0.39 is 0 Å². The lowest BCUT2D eigenvalue weighted by atomic mass is 9.92. The fourth-order valence-corrected chi connectivity index (χ4v) is 3.20. The van der Waals surface area contributed by atoms with Gasteiger partial charge in [-0.05, 0) is 5.56 Å². The molecular weight excluding hydrogens is 301 g/mol. The first kappa shape index (κ1) is 11.4. The number of nitrogens with zero attached hydrogens (tertiary/aromatic N) is 1. The summed E-state index contributed by atoms with van der Waals surface area (Å²) in [7, 11) is 2.03. The Morgan fingerprint density at radius 1 is 1.33 bits per heavy atom.